The molecule has 0 saturated heterocycles. The van der Waals surface area contributed by atoms with E-state index in [1.54, 1.807) is 12.1 Å². The summed E-state index contributed by atoms with van der Waals surface area (Å²) in [5.41, 5.74) is 1.95. The van der Waals surface area contributed by atoms with Gasteiger partial charge in [0, 0.05) is 4.91 Å². The summed E-state index contributed by atoms with van der Waals surface area (Å²) in [7, 11) is -4.40. The summed E-state index contributed by atoms with van der Waals surface area (Å²) in [6.07, 6.45) is -3.16. The Morgan fingerprint density at radius 1 is 1.20 bits per heavy atom. The highest BCUT2D eigenvalue weighted by molar-refractivity contribution is 8.15. The number of hydrogen-bond acceptors (Lipinski definition) is 6. The Kier molecular flexibility index (Phi) is 7.48. The molecular weight excluding hydrogens is 437 g/mol. The molecule has 2 rings (SSSR count). The third-order valence-electron chi connectivity index (χ3n) is 3.79. The average molecular weight is 452 g/mol. The topological polar surface area (TPSA) is 79.5 Å². The quantitative estimate of drug-likeness (QED) is 0.182. The Morgan fingerprint density at radius 3 is 2.37 bits per heavy atom. The van der Waals surface area contributed by atoms with E-state index in [1.807, 2.05) is 19.1 Å². The van der Waals surface area contributed by atoms with E-state index in [1.165, 1.54) is 6.08 Å². The van der Waals surface area contributed by atoms with Gasteiger partial charge in [-0.1, -0.05) is 53.8 Å². The van der Waals surface area contributed by atoms with E-state index in [9.17, 15) is 26.9 Å². The number of nitriles is 1. The predicted molar refractivity (Wildman–Crippen MR) is 110 cm³/mol. The van der Waals surface area contributed by atoms with Crippen LogP contribution in [0.15, 0.2) is 76.1 Å². The molecule has 10 heteroatoms. The fraction of sp³-hybridized carbons (Fsp3) is 0.100. The first kappa shape index (κ1) is 23.3. The largest absolute Gasteiger partial charge is 0.416 e. The van der Waals surface area contributed by atoms with Gasteiger partial charge in [-0.25, -0.2) is 0 Å². The second-order valence-electron chi connectivity index (χ2n) is 5.75. The molecule has 0 aliphatic heterocycles. The fourth-order valence-corrected chi connectivity index (χ4v) is 3.65. The van der Waals surface area contributed by atoms with Crippen LogP contribution < -0.4 is 0 Å². The first-order valence-corrected chi connectivity index (χ1v) is 10.5. The van der Waals surface area contributed by atoms with Crippen molar-refractivity contribution in [1.82, 2.24) is 0 Å². The highest BCUT2D eigenvalue weighted by Crippen LogP contribution is 2.30. The van der Waals surface area contributed by atoms with Crippen LogP contribution in [0.25, 0.3) is 5.57 Å². The van der Waals surface area contributed by atoms with Crippen LogP contribution in [0.2, 0.25) is 0 Å². The lowest BCUT2D eigenvalue weighted by Gasteiger charge is -2.07. The Morgan fingerprint density at radius 2 is 1.83 bits per heavy atom. The second kappa shape index (κ2) is 9.65. The predicted octanol–water partition coefficient (Wildman–Crippen LogP) is 5.52. The van der Waals surface area contributed by atoms with Crippen molar-refractivity contribution in [2.75, 3.05) is 0 Å². The summed E-state index contributed by atoms with van der Waals surface area (Å²) < 4.78 is 66.3. The molecule has 2 aromatic rings. The Hall–Kier alpha value is -3.03. The van der Waals surface area contributed by atoms with Crippen molar-refractivity contribution in [2.45, 2.75) is 18.0 Å². The van der Waals surface area contributed by atoms with Gasteiger partial charge in [0.2, 0.25) is 0 Å². The SMILES string of the molecule is C=C/C(SC=NOS(=O)(=O)c1ccc(C(F)(F)F)cc1)=C(/C#N)c1ccccc1C. The molecule has 0 fully saturated rings. The third-order valence-corrected chi connectivity index (χ3v) is 5.74. The van der Waals surface area contributed by atoms with E-state index in [2.05, 4.69) is 22.1 Å². The molecule has 0 unspecified atom stereocenters. The average Bonchev–Trinajstić information content (AvgIpc) is 2.70. The zero-order valence-electron chi connectivity index (χ0n) is 15.6. The molecule has 0 N–H and O–H groups in total. The zero-order valence-corrected chi connectivity index (χ0v) is 17.2. The molecule has 0 bridgehead atoms. The zero-order chi connectivity index (χ0) is 22.4. The van der Waals surface area contributed by atoms with E-state index in [-0.39, 0.29) is 0 Å². The lowest BCUT2D eigenvalue weighted by molar-refractivity contribution is -0.137. The van der Waals surface area contributed by atoms with Gasteiger partial charge >= 0.3 is 16.3 Å². The molecule has 0 aliphatic carbocycles. The van der Waals surface area contributed by atoms with Crippen molar-refractivity contribution in [3.63, 3.8) is 0 Å². The maximum atomic E-state index is 12.6. The summed E-state index contributed by atoms with van der Waals surface area (Å²) in [6.45, 7) is 5.48. The minimum absolute atomic E-state index is 0.324. The van der Waals surface area contributed by atoms with E-state index in [0.717, 1.165) is 35.0 Å². The third kappa shape index (κ3) is 5.75. The van der Waals surface area contributed by atoms with Gasteiger partial charge in [0.15, 0.2) is 0 Å². The van der Waals surface area contributed by atoms with Crippen LogP contribution in [-0.2, 0) is 20.6 Å². The molecular formula is C20H15F3N2O3S2. The molecule has 0 heterocycles. The smallest absolute Gasteiger partial charge is 0.264 e. The van der Waals surface area contributed by atoms with Gasteiger partial charge in [0.25, 0.3) is 0 Å². The van der Waals surface area contributed by atoms with Crippen LogP contribution in [0.3, 0.4) is 0 Å². The molecule has 2 aromatic carbocycles. The fourth-order valence-electron chi connectivity index (χ4n) is 2.32. The van der Waals surface area contributed by atoms with Crippen LogP contribution in [0.5, 0.6) is 0 Å². The normalized spacial score (nSPS) is 12.9. The van der Waals surface area contributed by atoms with E-state index in [0.29, 0.717) is 28.2 Å². The number of benzene rings is 2. The number of nitrogens with zero attached hydrogens (tertiary/aromatic N) is 2. The molecule has 5 nitrogen and oxygen atoms in total. The molecule has 0 spiro atoms. The van der Waals surface area contributed by atoms with E-state index >= 15 is 0 Å². The van der Waals surface area contributed by atoms with Crippen molar-refractivity contribution < 1.29 is 25.9 Å². The van der Waals surface area contributed by atoms with Crippen molar-refractivity contribution in [1.29, 1.82) is 5.26 Å². The molecule has 0 saturated carbocycles. The summed E-state index contributed by atoms with van der Waals surface area (Å²) >= 11 is 0.909. The van der Waals surface area contributed by atoms with Crippen LogP contribution in [-0.4, -0.2) is 14.0 Å². The highest BCUT2D eigenvalue weighted by atomic mass is 32.2. The summed E-state index contributed by atoms with van der Waals surface area (Å²) in [6, 6.07) is 12.1. The Bertz CT molecular complexity index is 1130. The molecule has 30 heavy (non-hydrogen) atoms. The van der Waals surface area contributed by atoms with Gasteiger partial charge in [0.05, 0.1) is 11.1 Å². The van der Waals surface area contributed by atoms with Gasteiger partial charge in [-0.05, 0) is 42.3 Å². The van der Waals surface area contributed by atoms with Crippen LogP contribution in [0, 0.1) is 18.3 Å². The molecule has 156 valence electrons. The molecule has 0 aromatic heterocycles. The number of aryl methyl sites for hydroxylation is 1. The maximum Gasteiger partial charge on any atom is 0.416 e. The summed E-state index contributed by atoms with van der Waals surface area (Å²) in [4.78, 5) is -0.0548. The first-order valence-electron chi connectivity index (χ1n) is 8.22. The van der Waals surface area contributed by atoms with E-state index < -0.39 is 26.8 Å². The number of halogens is 3. The minimum Gasteiger partial charge on any atom is -0.264 e. The molecule has 0 aliphatic rings. The number of rotatable bonds is 7. The van der Waals surface area contributed by atoms with Gasteiger partial charge in [-0.2, -0.15) is 26.9 Å². The minimum atomic E-state index is -4.58. The van der Waals surface area contributed by atoms with E-state index in [4.69, 9.17) is 0 Å². The van der Waals surface area contributed by atoms with Crippen molar-refractivity contribution in [3.05, 3.63) is 82.8 Å². The number of oxime groups is 1. The Labute approximate surface area is 176 Å². The number of allylic oxidation sites excluding steroid dienone is 2. The lowest BCUT2D eigenvalue weighted by Crippen LogP contribution is -2.07. The first-order chi connectivity index (χ1) is 14.1. The molecule has 0 radical (unpaired) electrons. The van der Waals surface area contributed by atoms with Crippen LogP contribution in [0.4, 0.5) is 13.2 Å². The molecule has 0 atom stereocenters. The Balaban J connectivity index is 2.16. The number of hydrogen-bond donors (Lipinski definition) is 0. The van der Waals surface area contributed by atoms with Gasteiger partial charge in [-0.15, -0.1) is 0 Å². The summed E-state index contributed by atoms with van der Waals surface area (Å²) in [5.74, 6) is 0. The van der Waals surface area contributed by atoms with Gasteiger partial charge in [0.1, 0.15) is 16.5 Å². The van der Waals surface area contributed by atoms with Crippen LogP contribution in [0.1, 0.15) is 16.7 Å². The van der Waals surface area contributed by atoms with Gasteiger partial charge in [-0.3, -0.25) is 4.28 Å². The number of alkyl halides is 3. The van der Waals surface area contributed by atoms with Crippen molar-refractivity contribution >= 4 is 33.0 Å². The maximum absolute atomic E-state index is 12.6. The summed E-state index contributed by atoms with van der Waals surface area (Å²) in [5, 5.41) is 12.8. The lowest BCUT2D eigenvalue weighted by atomic mass is 10.0. The standard InChI is InChI=1S/C20H15F3N2O3S2/c1-3-19(18(12-24)17-7-5-4-6-14(17)2)29-13-25-28-30(26,27)16-10-8-15(9-11-16)20(21,22)23/h3-11,13H,1H2,2H3/b19-18+,25-13?. The van der Waals surface area contributed by atoms with Crippen molar-refractivity contribution in [2.24, 2.45) is 5.16 Å². The monoisotopic (exact) mass is 452 g/mol. The number of thioether (sulfide) groups is 1. The second-order valence-corrected chi connectivity index (χ2v) is 8.16. The van der Waals surface area contributed by atoms with Crippen LogP contribution >= 0.6 is 11.8 Å². The van der Waals surface area contributed by atoms with Crippen molar-refractivity contribution in [3.8, 4) is 6.07 Å². The highest BCUT2D eigenvalue weighted by Gasteiger charge is 2.30. The van der Waals surface area contributed by atoms with Gasteiger partial charge < -0.3 is 0 Å². The molecule has 0 amide bonds.